The van der Waals surface area contributed by atoms with Gasteiger partial charge >= 0.3 is 0 Å². The normalized spacial score (nSPS) is 22.7. The largest absolute Gasteiger partial charge is 0.369 e. The van der Waals surface area contributed by atoms with E-state index in [1.165, 1.54) is 42.5 Å². The summed E-state index contributed by atoms with van der Waals surface area (Å²) in [7, 11) is 0. The number of hydrogen-bond acceptors (Lipinski definition) is 3. The Morgan fingerprint density at radius 2 is 1.71 bits per heavy atom. The second-order valence-electron chi connectivity index (χ2n) is 7.05. The van der Waals surface area contributed by atoms with Gasteiger partial charge in [-0.1, -0.05) is 25.0 Å². The maximum Gasteiger partial charge on any atom is 0.0399 e. The van der Waals surface area contributed by atoms with Gasteiger partial charge in [-0.2, -0.15) is 0 Å². The molecular weight excluding hydrogens is 258 g/mol. The van der Waals surface area contributed by atoms with E-state index in [1.807, 2.05) is 0 Å². The van der Waals surface area contributed by atoms with E-state index in [1.54, 1.807) is 0 Å². The van der Waals surface area contributed by atoms with Gasteiger partial charge in [0.25, 0.3) is 0 Å². The van der Waals surface area contributed by atoms with Crippen LogP contribution in [0, 0.1) is 13.8 Å². The van der Waals surface area contributed by atoms with Crippen LogP contribution in [-0.4, -0.2) is 43.2 Å². The van der Waals surface area contributed by atoms with Gasteiger partial charge in [0.1, 0.15) is 0 Å². The third kappa shape index (κ3) is 3.24. The van der Waals surface area contributed by atoms with Crippen LogP contribution in [0.5, 0.6) is 0 Å². The van der Waals surface area contributed by atoms with Crippen molar-refractivity contribution in [1.82, 2.24) is 4.90 Å². The Morgan fingerprint density at radius 3 is 2.38 bits per heavy atom. The molecule has 1 saturated carbocycles. The zero-order chi connectivity index (χ0) is 14.9. The molecule has 0 bridgehead atoms. The van der Waals surface area contributed by atoms with Crippen LogP contribution in [-0.2, 0) is 0 Å². The van der Waals surface area contributed by atoms with E-state index in [0.717, 1.165) is 32.7 Å². The lowest BCUT2D eigenvalue weighted by molar-refractivity contribution is 0.199. The molecule has 0 spiro atoms. The summed E-state index contributed by atoms with van der Waals surface area (Å²) in [6, 6.07) is 6.64. The van der Waals surface area contributed by atoms with Gasteiger partial charge in [-0.25, -0.2) is 0 Å². The lowest BCUT2D eigenvalue weighted by Crippen LogP contribution is -2.54. The predicted molar refractivity (Wildman–Crippen MR) is 90.0 cm³/mol. The van der Waals surface area contributed by atoms with Gasteiger partial charge in [-0.05, 0) is 43.9 Å². The smallest absolute Gasteiger partial charge is 0.0399 e. The second kappa shape index (κ2) is 5.98. The minimum atomic E-state index is 0.0986. The average molecular weight is 287 g/mol. The van der Waals surface area contributed by atoms with Gasteiger partial charge in [-0.15, -0.1) is 0 Å². The van der Waals surface area contributed by atoms with Crippen LogP contribution in [0.15, 0.2) is 18.2 Å². The Balaban J connectivity index is 1.59. The molecule has 0 amide bonds. The number of hydrogen-bond donors (Lipinski definition) is 1. The van der Waals surface area contributed by atoms with E-state index in [2.05, 4.69) is 41.8 Å². The molecule has 3 heteroatoms. The lowest BCUT2D eigenvalue weighted by atomic mass is 9.98. The SMILES string of the molecule is Cc1cccc(N2CCN(CC3(N)CCCC3)CC2)c1C. The quantitative estimate of drug-likeness (QED) is 0.928. The first-order chi connectivity index (χ1) is 10.1. The number of piperazine rings is 1. The summed E-state index contributed by atoms with van der Waals surface area (Å²) in [5.41, 5.74) is 10.9. The van der Waals surface area contributed by atoms with Gasteiger partial charge in [0, 0.05) is 44.0 Å². The van der Waals surface area contributed by atoms with E-state index >= 15 is 0 Å². The Labute approximate surface area is 129 Å². The molecule has 1 aromatic rings. The first-order valence-corrected chi connectivity index (χ1v) is 8.40. The van der Waals surface area contributed by atoms with Crippen molar-refractivity contribution in [3.8, 4) is 0 Å². The van der Waals surface area contributed by atoms with Crippen molar-refractivity contribution in [2.24, 2.45) is 5.73 Å². The molecule has 1 aromatic carbocycles. The summed E-state index contributed by atoms with van der Waals surface area (Å²) >= 11 is 0. The highest BCUT2D eigenvalue weighted by Gasteiger charge is 2.32. The lowest BCUT2D eigenvalue weighted by Gasteiger charge is -2.40. The van der Waals surface area contributed by atoms with Crippen molar-refractivity contribution < 1.29 is 0 Å². The van der Waals surface area contributed by atoms with Gasteiger partial charge in [0.15, 0.2) is 0 Å². The maximum absolute atomic E-state index is 6.52. The molecule has 3 rings (SSSR count). The zero-order valence-electron chi connectivity index (χ0n) is 13.6. The number of nitrogens with zero attached hydrogens (tertiary/aromatic N) is 2. The third-order valence-corrected chi connectivity index (χ3v) is 5.43. The van der Waals surface area contributed by atoms with Crippen molar-refractivity contribution in [1.29, 1.82) is 0 Å². The predicted octanol–water partition coefficient (Wildman–Crippen LogP) is 2.70. The molecule has 1 aliphatic heterocycles. The van der Waals surface area contributed by atoms with Crippen molar-refractivity contribution in [2.75, 3.05) is 37.6 Å². The number of rotatable bonds is 3. The van der Waals surface area contributed by atoms with Crippen LogP contribution in [0.1, 0.15) is 36.8 Å². The van der Waals surface area contributed by atoms with Crippen LogP contribution in [0.3, 0.4) is 0 Å². The molecule has 1 heterocycles. The van der Waals surface area contributed by atoms with E-state index < -0.39 is 0 Å². The average Bonchev–Trinajstić information content (AvgIpc) is 2.89. The number of anilines is 1. The molecular formula is C18H29N3. The summed E-state index contributed by atoms with van der Waals surface area (Å²) < 4.78 is 0. The number of nitrogens with two attached hydrogens (primary N) is 1. The highest BCUT2D eigenvalue weighted by Crippen LogP contribution is 2.29. The van der Waals surface area contributed by atoms with Gasteiger partial charge < -0.3 is 10.6 Å². The Bertz CT molecular complexity index is 483. The molecule has 0 aromatic heterocycles. The molecule has 0 unspecified atom stereocenters. The van der Waals surface area contributed by atoms with Crippen molar-refractivity contribution in [2.45, 2.75) is 45.1 Å². The molecule has 0 radical (unpaired) electrons. The molecule has 0 atom stereocenters. The standard InChI is InChI=1S/C18H29N3/c1-15-6-5-7-17(16(15)2)21-12-10-20(11-13-21)14-18(19)8-3-4-9-18/h5-7H,3-4,8-14,19H2,1-2H3. The molecule has 1 aliphatic carbocycles. The fourth-order valence-corrected chi connectivity index (χ4v) is 3.91. The van der Waals surface area contributed by atoms with Crippen LogP contribution < -0.4 is 10.6 Å². The Hall–Kier alpha value is -1.06. The second-order valence-corrected chi connectivity index (χ2v) is 7.05. The molecule has 2 fully saturated rings. The molecule has 116 valence electrons. The first-order valence-electron chi connectivity index (χ1n) is 8.40. The van der Waals surface area contributed by atoms with Crippen LogP contribution in [0.2, 0.25) is 0 Å². The summed E-state index contributed by atoms with van der Waals surface area (Å²) in [5.74, 6) is 0. The summed E-state index contributed by atoms with van der Waals surface area (Å²) in [4.78, 5) is 5.11. The Kier molecular flexibility index (Phi) is 4.23. The molecule has 2 aliphatic rings. The molecule has 21 heavy (non-hydrogen) atoms. The third-order valence-electron chi connectivity index (χ3n) is 5.43. The fourth-order valence-electron chi connectivity index (χ4n) is 3.91. The van der Waals surface area contributed by atoms with E-state index in [-0.39, 0.29) is 5.54 Å². The monoisotopic (exact) mass is 287 g/mol. The Morgan fingerprint density at radius 1 is 1.05 bits per heavy atom. The summed E-state index contributed by atoms with van der Waals surface area (Å²) in [5, 5.41) is 0. The summed E-state index contributed by atoms with van der Waals surface area (Å²) in [6.07, 6.45) is 5.06. The van der Waals surface area contributed by atoms with E-state index in [4.69, 9.17) is 5.73 Å². The van der Waals surface area contributed by atoms with Crippen LogP contribution >= 0.6 is 0 Å². The zero-order valence-corrected chi connectivity index (χ0v) is 13.6. The van der Waals surface area contributed by atoms with Crippen molar-refractivity contribution in [3.63, 3.8) is 0 Å². The topological polar surface area (TPSA) is 32.5 Å². The summed E-state index contributed by atoms with van der Waals surface area (Å²) in [6.45, 7) is 10.1. The molecule has 1 saturated heterocycles. The maximum atomic E-state index is 6.52. The van der Waals surface area contributed by atoms with Crippen LogP contribution in [0.25, 0.3) is 0 Å². The number of aryl methyl sites for hydroxylation is 1. The van der Waals surface area contributed by atoms with Crippen molar-refractivity contribution in [3.05, 3.63) is 29.3 Å². The van der Waals surface area contributed by atoms with Gasteiger partial charge in [0.05, 0.1) is 0 Å². The minimum Gasteiger partial charge on any atom is -0.369 e. The number of benzene rings is 1. The van der Waals surface area contributed by atoms with Gasteiger partial charge in [0.2, 0.25) is 0 Å². The highest BCUT2D eigenvalue weighted by atomic mass is 15.3. The minimum absolute atomic E-state index is 0.0986. The molecule has 3 nitrogen and oxygen atoms in total. The molecule has 2 N–H and O–H groups in total. The highest BCUT2D eigenvalue weighted by molar-refractivity contribution is 5.56. The first kappa shape index (κ1) is 14.9. The van der Waals surface area contributed by atoms with Crippen molar-refractivity contribution >= 4 is 5.69 Å². The van der Waals surface area contributed by atoms with E-state index in [9.17, 15) is 0 Å². The van der Waals surface area contributed by atoms with Gasteiger partial charge in [-0.3, -0.25) is 4.90 Å². The fraction of sp³-hybridized carbons (Fsp3) is 0.667. The van der Waals surface area contributed by atoms with E-state index in [0.29, 0.717) is 0 Å². The van der Waals surface area contributed by atoms with Crippen LogP contribution in [0.4, 0.5) is 5.69 Å².